The van der Waals surface area contributed by atoms with E-state index in [0.29, 0.717) is 67.1 Å². The first-order valence-electron chi connectivity index (χ1n) is 23.3. The number of hydrogen-bond donors (Lipinski definition) is 10. The number of nitrogens with zero attached hydrogens (tertiary/aromatic N) is 2. The van der Waals surface area contributed by atoms with Crippen LogP contribution in [0.4, 0.5) is 0 Å². The number of rotatable bonds is 16. The van der Waals surface area contributed by atoms with Crippen LogP contribution in [-0.2, 0) is 0 Å². The molecule has 2 aliphatic heterocycles. The highest BCUT2D eigenvalue weighted by Gasteiger charge is 2.21. The molecule has 0 unspecified atom stereocenters. The number of carbonyl (C=O) groups excluding carboxylic acids is 4. The van der Waals surface area contributed by atoms with Crippen LogP contribution in [0.15, 0.2) is 121 Å². The SMILES string of the molecule is O=C(NCCO)c1ccc(-c2c3nc(c(-c4ccc(C(=O)NCCO)cc4)c4ccc([nH]4)c(-c4ccc(C(=O)NCCO)cc4)c4nc(c(-c5ccc(C(=O)NCCO)cc5)c5ccc2[nH]5)C=C4)C=C3)cc1. The third-order valence-corrected chi connectivity index (χ3v) is 12.1. The molecule has 0 saturated carbocycles. The van der Waals surface area contributed by atoms with E-state index in [0.717, 1.165) is 44.5 Å². The van der Waals surface area contributed by atoms with Crippen LogP contribution in [0.2, 0.25) is 0 Å². The Morgan fingerprint density at radius 1 is 0.333 bits per heavy atom. The summed E-state index contributed by atoms with van der Waals surface area (Å²) in [6, 6.07) is 36.4. The van der Waals surface area contributed by atoms with Crippen LogP contribution in [-0.4, -0.2) is 117 Å². The van der Waals surface area contributed by atoms with Gasteiger partial charge in [0.2, 0.25) is 0 Å². The first kappa shape index (κ1) is 48.2. The van der Waals surface area contributed by atoms with Gasteiger partial charge in [-0.1, -0.05) is 48.5 Å². The molecule has 3 aromatic heterocycles. The number of fused-ring (bicyclic) bond motifs is 8. The Bertz CT molecular complexity index is 2970. The van der Waals surface area contributed by atoms with Crippen LogP contribution < -0.4 is 21.3 Å². The maximum absolute atomic E-state index is 12.9. The van der Waals surface area contributed by atoms with Crippen molar-refractivity contribution in [3.05, 3.63) is 166 Å². The van der Waals surface area contributed by atoms with Crippen molar-refractivity contribution >= 4 is 70.0 Å². The van der Waals surface area contributed by atoms with Crippen molar-refractivity contribution in [2.24, 2.45) is 0 Å². The molecule has 0 aliphatic carbocycles. The Labute approximate surface area is 412 Å². The van der Waals surface area contributed by atoms with E-state index in [4.69, 9.17) is 9.97 Å². The first-order chi connectivity index (χ1) is 35.2. The standard InChI is InChI=1S/C56H50N8O8/c65-29-25-57-53(69)37-9-1-33(2-10-37)49-41-17-19-43(61-41)50(34-3-11-38(12-4-34)54(70)58-26-30-66)45-21-23-47(63-45)52(36-7-15-40(16-8-36)56(72)60-28-32-68)48-24-22-46(64-48)51(44-20-18-42(49)62-44)35-5-13-39(14-6-35)55(71)59-27-31-67/h1-24,61,64-68H,25-32H2,(H,57,69)(H,58,70)(H,59,71)(H,60,72). The Morgan fingerprint density at radius 3 is 0.736 bits per heavy atom. The van der Waals surface area contributed by atoms with Gasteiger partial charge in [0, 0.05) is 92.8 Å². The molecule has 362 valence electrons. The minimum atomic E-state index is -0.326. The molecule has 10 N–H and O–H groups in total. The molecule has 0 saturated heterocycles. The van der Waals surface area contributed by atoms with Gasteiger partial charge in [-0.05, 0) is 119 Å². The summed E-state index contributed by atoms with van der Waals surface area (Å²) in [6.07, 6.45) is 7.71. The summed E-state index contributed by atoms with van der Waals surface area (Å²) < 4.78 is 0. The van der Waals surface area contributed by atoms with E-state index in [-0.39, 0.29) is 76.2 Å². The molecule has 5 heterocycles. The summed E-state index contributed by atoms with van der Waals surface area (Å²) >= 11 is 0. The summed E-state index contributed by atoms with van der Waals surface area (Å²) in [4.78, 5) is 69.7. The van der Waals surface area contributed by atoms with Crippen LogP contribution in [0.25, 0.3) is 90.9 Å². The van der Waals surface area contributed by atoms with E-state index in [1.807, 2.05) is 97.1 Å². The van der Waals surface area contributed by atoms with Gasteiger partial charge in [-0.2, -0.15) is 0 Å². The second kappa shape index (κ2) is 21.9. The van der Waals surface area contributed by atoms with Gasteiger partial charge in [-0.15, -0.1) is 0 Å². The minimum absolute atomic E-state index is 0.113. The molecule has 4 aromatic carbocycles. The monoisotopic (exact) mass is 962 g/mol. The van der Waals surface area contributed by atoms with Crippen molar-refractivity contribution < 1.29 is 39.6 Å². The number of benzene rings is 4. The average molecular weight is 963 g/mol. The molecule has 0 radical (unpaired) electrons. The number of aromatic nitrogens is 4. The van der Waals surface area contributed by atoms with Crippen molar-refractivity contribution in [2.45, 2.75) is 0 Å². The average Bonchev–Trinajstić information content (AvgIpc) is 4.28. The van der Waals surface area contributed by atoms with Gasteiger partial charge in [-0.3, -0.25) is 19.2 Å². The van der Waals surface area contributed by atoms with E-state index in [1.165, 1.54) is 0 Å². The topological polar surface area (TPSA) is 255 Å². The number of aliphatic hydroxyl groups excluding tert-OH is 4. The van der Waals surface area contributed by atoms with Gasteiger partial charge in [0.1, 0.15) is 0 Å². The van der Waals surface area contributed by atoms with E-state index < -0.39 is 0 Å². The molecule has 72 heavy (non-hydrogen) atoms. The molecular weight excluding hydrogens is 913 g/mol. The maximum atomic E-state index is 12.9. The van der Waals surface area contributed by atoms with E-state index >= 15 is 0 Å². The Morgan fingerprint density at radius 2 is 0.542 bits per heavy atom. The highest BCUT2D eigenvalue weighted by molar-refractivity contribution is 6.02. The lowest BCUT2D eigenvalue weighted by molar-refractivity contribution is 0.0937. The molecule has 8 bridgehead atoms. The van der Waals surface area contributed by atoms with Crippen molar-refractivity contribution in [1.82, 2.24) is 41.2 Å². The minimum Gasteiger partial charge on any atom is -0.395 e. The zero-order valence-corrected chi connectivity index (χ0v) is 38.8. The summed E-state index contributed by atoms with van der Waals surface area (Å²) in [5.74, 6) is -1.30. The zero-order valence-electron chi connectivity index (χ0n) is 38.8. The smallest absolute Gasteiger partial charge is 0.251 e. The lowest BCUT2D eigenvalue weighted by Crippen LogP contribution is -2.26. The summed E-state index contributed by atoms with van der Waals surface area (Å²) in [7, 11) is 0. The molecule has 0 fully saturated rings. The summed E-state index contributed by atoms with van der Waals surface area (Å²) in [5, 5.41) is 48.1. The lowest BCUT2D eigenvalue weighted by Gasteiger charge is -2.09. The van der Waals surface area contributed by atoms with Crippen LogP contribution >= 0.6 is 0 Å². The fraction of sp³-hybridized carbons (Fsp3) is 0.143. The van der Waals surface area contributed by atoms with Crippen molar-refractivity contribution in [2.75, 3.05) is 52.6 Å². The number of carbonyl (C=O) groups is 4. The van der Waals surface area contributed by atoms with Gasteiger partial charge < -0.3 is 51.7 Å². The third-order valence-electron chi connectivity index (χ3n) is 12.1. The molecule has 9 rings (SSSR count). The van der Waals surface area contributed by atoms with E-state index in [1.54, 1.807) is 48.5 Å². The van der Waals surface area contributed by atoms with Gasteiger partial charge >= 0.3 is 0 Å². The van der Waals surface area contributed by atoms with Crippen LogP contribution in [0.5, 0.6) is 0 Å². The van der Waals surface area contributed by atoms with Gasteiger partial charge in [0.25, 0.3) is 23.6 Å². The largest absolute Gasteiger partial charge is 0.395 e. The molecule has 4 amide bonds. The molecule has 16 heteroatoms. The number of amides is 4. The number of hydrogen-bond acceptors (Lipinski definition) is 10. The number of aliphatic hydroxyl groups is 4. The highest BCUT2D eigenvalue weighted by Crippen LogP contribution is 2.39. The predicted molar refractivity (Wildman–Crippen MR) is 278 cm³/mol. The van der Waals surface area contributed by atoms with Crippen molar-refractivity contribution in [3.8, 4) is 44.5 Å². The zero-order chi connectivity index (χ0) is 50.1. The second-order valence-electron chi connectivity index (χ2n) is 16.7. The lowest BCUT2D eigenvalue weighted by atomic mass is 10.0. The second-order valence-corrected chi connectivity index (χ2v) is 16.7. The van der Waals surface area contributed by atoms with E-state index in [9.17, 15) is 39.6 Å². The Balaban J connectivity index is 1.34. The molecule has 0 spiro atoms. The van der Waals surface area contributed by atoms with Crippen LogP contribution in [0.1, 0.15) is 64.2 Å². The number of H-pyrrole nitrogens is 2. The van der Waals surface area contributed by atoms with Gasteiger partial charge in [0.15, 0.2) is 0 Å². The molecule has 0 atom stereocenters. The quantitative estimate of drug-likeness (QED) is 0.0524. The molecular formula is C56H50N8O8. The Hall–Kier alpha value is -8.80. The fourth-order valence-electron chi connectivity index (χ4n) is 8.66. The van der Waals surface area contributed by atoms with Crippen molar-refractivity contribution in [3.63, 3.8) is 0 Å². The van der Waals surface area contributed by atoms with E-state index in [2.05, 4.69) is 31.2 Å². The summed E-state index contributed by atoms with van der Waals surface area (Å²) in [5.41, 5.74) is 12.7. The summed E-state index contributed by atoms with van der Waals surface area (Å²) in [6.45, 7) is -0.322. The molecule has 16 nitrogen and oxygen atoms in total. The van der Waals surface area contributed by atoms with Crippen LogP contribution in [0.3, 0.4) is 0 Å². The maximum Gasteiger partial charge on any atom is 0.251 e. The molecule has 2 aliphatic rings. The predicted octanol–water partition coefficient (Wildman–Crippen LogP) is 6.21. The number of aromatic amines is 2. The van der Waals surface area contributed by atoms with Crippen molar-refractivity contribution in [1.29, 1.82) is 0 Å². The van der Waals surface area contributed by atoms with Gasteiger partial charge in [-0.25, -0.2) is 9.97 Å². The third kappa shape index (κ3) is 10.2. The number of nitrogens with one attached hydrogen (secondary N) is 6. The normalized spacial score (nSPS) is 11.6. The molecule has 7 aromatic rings. The fourth-order valence-corrected chi connectivity index (χ4v) is 8.66. The van der Waals surface area contributed by atoms with Crippen LogP contribution in [0, 0.1) is 0 Å². The Kier molecular flexibility index (Phi) is 14.7. The highest BCUT2D eigenvalue weighted by atomic mass is 16.3. The first-order valence-corrected chi connectivity index (χ1v) is 23.3. The van der Waals surface area contributed by atoms with Gasteiger partial charge in [0.05, 0.1) is 49.2 Å².